The molecule has 1 aromatic carbocycles. The third kappa shape index (κ3) is 2.70. The first-order valence-corrected chi connectivity index (χ1v) is 6.92. The van der Waals surface area contributed by atoms with Crippen molar-refractivity contribution >= 4 is 11.9 Å². The summed E-state index contributed by atoms with van der Waals surface area (Å²) in [6, 6.07) is 2.78. The van der Waals surface area contributed by atoms with Crippen LogP contribution in [-0.4, -0.2) is 50.1 Å². The van der Waals surface area contributed by atoms with E-state index in [0.717, 1.165) is 11.8 Å². The van der Waals surface area contributed by atoms with Gasteiger partial charge in [0.25, 0.3) is 5.91 Å². The van der Waals surface area contributed by atoms with E-state index in [1.54, 1.807) is 0 Å². The number of rotatable bonds is 2. The number of nitrogens with zero attached hydrogens (tertiary/aromatic N) is 2. The van der Waals surface area contributed by atoms with Crippen LogP contribution in [0, 0.1) is 0 Å². The normalized spacial score (nSPS) is 16.7. The Morgan fingerprint density at radius 3 is 2.65 bits per heavy atom. The SMILES string of the molecule is COC(=O)C1Cc2nc[nH]c2CN1C(=O)c1cc(O)cc(O)c1. The zero-order valence-corrected chi connectivity index (χ0v) is 12.3. The van der Waals surface area contributed by atoms with E-state index in [-0.39, 0.29) is 30.0 Å². The first kappa shape index (κ1) is 14.9. The van der Waals surface area contributed by atoms with Gasteiger partial charge in [-0.3, -0.25) is 4.79 Å². The molecule has 0 saturated heterocycles. The van der Waals surface area contributed by atoms with Gasteiger partial charge in [0.05, 0.1) is 31.4 Å². The van der Waals surface area contributed by atoms with Gasteiger partial charge in [0, 0.05) is 18.1 Å². The quantitative estimate of drug-likeness (QED) is 0.697. The van der Waals surface area contributed by atoms with E-state index in [1.165, 1.54) is 30.5 Å². The molecule has 8 nitrogen and oxygen atoms in total. The number of nitrogens with one attached hydrogen (secondary N) is 1. The standard InChI is InChI=1S/C15H15N3O5/c1-23-15(22)13-5-11-12(17-7-16-11)6-18(13)14(21)8-2-9(19)4-10(20)3-8/h2-4,7,13,19-20H,5-6H2,1H3,(H,16,17). The first-order chi connectivity index (χ1) is 11.0. The van der Waals surface area contributed by atoms with Crippen molar-refractivity contribution in [3.8, 4) is 11.5 Å². The summed E-state index contributed by atoms with van der Waals surface area (Å²) < 4.78 is 4.78. The van der Waals surface area contributed by atoms with E-state index in [0.29, 0.717) is 5.69 Å². The Hall–Kier alpha value is -3.03. The minimum Gasteiger partial charge on any atom is -0.508 e. The molecule has 1 amide bonds. The van der Waals surface area contributed by atoms with Gasteiger partial charge < -0.3 is 24.8 Å². The molecular formula is C15H15N3O5. The molecule has 1 aromatic heterocycles. The summed E-state index contributed by atoms with van der Waals surface area (Å²) in [5.41, 5.74) is 1.53. The number of H-pyrrole nitrogens is 1. The van der Waals surface area contributed by atoms with Crippen molar-refractivity contribution in [2.24, 2.45) is 0 Å². The molecule has 2 aromatic rings. The van der Waals surface area contributed by atoms with E-state index in [4.69, 9.17) is 4.74 Å². The minimum absolute atomic E-state index is 0.0827. The topological polar surface area (TPSA) is 116 Å². The fraction of sp³-hybridized carbons (Fsp3) is 0.267. The fourth-order valence-electron chi connectivity index (χ4n) is 2.68. The maximum absolute atomic E-state index is 12.7. The van der Waals surface area contributed by atoms with Crippen molar-refractivity contribution in [2.45, 2.75) is 19.0 Å². The molecule has 1 atom stereocenters. The van der Waals surface area contributed by atoms with Gasteiger partial charge >= 0.3 is 5.97 Å². The second kappa shape index (κ2) is 5.64. The fourth-order valence-corrected chi connectivity index (χ4v) is 2.68. The van der Waals surface area contributed by atoms with Gasteiger partial charge in [-0.15, -0.1) is 0 Å². The highest BCUT2D eigenvalue weighted by atomic mass is 16.5. The van der Waals surface area contributed by atoms with Gasteiger partial charge in [0.2, 0.25) is 0 Å². The number of fused-ring (bicyclic) bond motifs is 1. The van der Waals surface area contributed by atoms with Crippen LogP contribution in [0.15, 0.2) is 24.5 Å². The van der Waals surface area contributed by atoms with Gasteiger partial charge in [-0.25, -0.2) is 9.78 Å². The number of hydrogen-bond donors (Lipinski definition) is 3. The number of aromatic hydroxyl groups is 2. The van der Waals surface area contributed by atoms with Gasteiger partial charge in [-0.2, -0.15) is 0 Å². The van der Waals surface area contributed by atoms with E-state index in [1.807, 2.05) is 0 Å². The number of carbonyl (C=O) groups excluding carboxylic acids is 2. The Kier molecular flexibility index (Phi) is 3.65. The van der Waals surface area contributed by atoms with Crippen molar-refractivity contribution in [1.82, 2.24) is 14.9 Å². The number of imidazole rings is 1. The van der Waals surface area contributed by atoms with Crippen molar-refractivity contribution in [2.75, 3.05) is 7.11 Å². The highest BCUT2D eigenvalue weighted by Gasteiger charge is 2.37. The van der Waals surface area contributed by atoms with E-state index >= 15 is 0 Å². The van der Waals surface area contributed by atoms with Gasteiger partial charge in [0.1, 0.15) is 17.5 Å². The number of amides is 1. The van der Waals surface area contributed by atoms with Crippen molar-refractivity contribution in [3.63, 3.8) is 0 Å². The monoisotopic (exact) mass is 317 g/mol. The summed E-state index contributed by atoms with van der Waals surface area (Å²) in [7, 11) is 1.26. The smallest absolute Gasteiger partial charge is 0.329 e. The van der Waals surface area contributed by atoms with Crippen LogP contribution in [0.3, 0.4) is 0 Å². The number of aromatic nitrogens is 2. The van der Waals surface area contributed by atoms with Crippen LogP contribution >= 0.6 is 0 Å². The molecule has 0 aliphatic carbocycles. The maximum Gasteiger partial charge on any atom is 0.329 e. The van der Waals surface area contributed by atoms with Crippen LogP contribution in [0.25, 0.3) is 0 Å². The Labute approximate surface area is 131 Å². The lowest BCUT2D eigenvalue weighted by Crippen LogP contribution is -2.49. The molecule has 2 heterocycles. The first-order valence-electron chi connectivity index (χ1n) is 6.92. The molecule has 0 fully saturated rings. The second-order valence-electron chi connectivity index (χ2n) is 5.24. The molecule has 3 rings (SSSR count). The largest absolute Gasteiger partial charge is 0.508 e. The molecule has 0 radical (unpaired) electrons. The molecule has 1 aliphatic heterocycles. The van der Waals surface area contributed by atoms with Crippen molar-refractivity contribution in [3.05, 3.63) is 41.5 Å². The average molecular weight is 317 g/mol. The lowest BCUT2D eigenvalue weighted by molar-refractivity contribution is -0.146. The van der Waals surface area contributed by atoms with Crippen LogP contribution in [-0.2, 0) is 22.5 Å². The molecule has 120 valence electrons. The van der Waals surface area contributed by atoms with Crippen LogP contribution in [0.2, 0.25) is 0 Å². The predicted octanol–water partition coefficient (Wildman–Crippen LogP) is 0.561. The number of phenolic OH excluding ortho intramolecular Hbond substituents is 2. The highest BCUT2D eigenvalue weighted by Crippen LogP contribution is 2.26. The second-order valence-corrected chi connectivity index (χ2v) is 5.24. The molecule has 0 saturated carbocycles. The summed E-state index contributed by atoms with van der Waals surface area (Å²) in [6.45, 7) is 0.157. The van der Waals surface area contributed by atoms with Gasteiger partial charge in [-0.1, -0.05) is 0 Å². The molecule has 3 N–H and O–H groups in total. The molecule has 1 unspecified atom stereocenters. The van der Waals surface area contributed by atoms with Crippen LogP contribution < -0.4 is 0 Å². The third-order valence-electron chi connectivity index (χ3n) is 3.78. The Morgan fingerprint density at radius 2 is 2.00 bits per heavy atom. The summed E-state index contributed by atoms with van der Waals surface area (Å²) in [5.74, 6) is -1.51. The molecule has 23 heavy (non-hydrogen) atoms. The zero-order chi connectivity index (χ0) is 16.6. The molecular weight excluding hydrogens is 302 g/mol. The number of carbonyl (C=O) groups is 2. The van der Waals surface area contributed by atoms with Crippen molar-refractivity contribution in [1.29, 1.82) is 0 Å². The Balaban J connectivity index is 1.97. The molecule has 0 spiro atoms. The maximum atomic E-state index is 12.7. The zero-order valence-electron chi connectivity index (χ0n) is 12.3. The summed E-state index contributed by atoms with van der Waals surface area (Å²) in [4.78, 5) is 33.2. The highest BCUT2D eigenvalue weighted by molar-refractivity contribution is 5.97. The number of aromatic amines is 1. The van der Waals surface area contributed by atoms with E-state index in [2.05, 4.69) is 9.97 Å². The number of esters is 1. The molecule has 1 aliphatic rings. The lowest BCUT2D eigenvalue weighted by Gasteiger charge is -2.33. The van der Waals surface area contributed by atoms with Crippen molar-refractivity contribution < 1.29 is 24.5 Å². The Bertz CT molecular complexity index is 750. The number of ether oxygens (including phenoxy) is 1. The summed E-state index contributed by atoms with van der Waals surface area (Å²) >= 11 is 0. The van der Waals surface area contributed by atoms with Gasteiger partial charge in [-0.05, 0) is 12.1 Å². The predicted molar refractivity (Wildman–Crippen MR) is 77.7 cm³/mol. The Morgan fingerprint density at radius 1 is 1.30 bits per heavy atom. The van der Waals surface area contributed by atoms with Crippen LogP contribution in [0.1, 0.15) is 21.7 Å². The van der Waals surface area contributed by atoms with E-state index in [9.17, 15) is 19.8 Å². The lowest BCUT2D eigenvalue weighted by atomic mass is 10.0. The molecule has 0 bridgehead atoms. The van der Waals surface area contributed by atoms with Crippen LogP contribution in [0.5, 0.6) is 11.5 Å². The van der Waals surface area contributed by atoms with Gasteiger partial charge in [0.15, 0.2) is 0 Å². The molecule has 8 heteroatoms. The number of hydrogen-bond acceptors (Lipinski definition) is 6. The summed E-state index contributed by atoms with van der Waals surface area (Å²) in [6.07, 6.45) is 1.75. The number of benzene rings is 1. The third-order valence-corrected chi connectivity index (χ3v) is 3.78. The van der Waals surface area contributed by atoms with Crippen LogP contribution in [0.4, 0.5) is 0 Å². The van der Waals surface area contributed by atoms with E-state index < -0.39 is 17.9 Å². The number of methoxy groups -OCH3 is 1. The average Bonchev–Trinajstić information content (AvgIpc) is 2.98. The minimum atomic E-state index is -0.812. The number of phenols is 2. The summed E-state index contributed by atoms with van der Waals surface area (Å²) in [5, 5.41) is 19.1.